The van der Waals surface area contributed by atoms with Crippen molar-refractivity contribution < 1.29 is 69.1 Å². The van der Waals surface area contributed by atoms with Gasteiger partial charge in [0.25, 0.3) is 0 Å². The molecule has 0 saturated carbocycles. The standard InChI is InChI=1S/C9H10O4S.K/c1-13-9-4-2-8(3-5-9)6-7-14(10,11)12;/h2-7H,1H3,(H,10,11,12);/q;+1/p-1/b7-6+;. The Morgan fingerprint density at radius 1 is 1.27 bits per heavy atom. The molecule has 0 aromatic heterocycles. The van der Waals surface area contributed by atoms with Gasteiger partial charge in [0.2, 0.25) is 0 Å². The van der Waals surface area contributed by atoms with Crippen LogP contribution >= 0.6 is 0 Å². The minimum atomic E-state index is -4.30. The molecule has 0 aliphatic heterocycles. The van der Waals surface area contributed by atoms with E-state index in [0.717, 1.165) is 0 Å². The average Bonchev–Trinajstić information content (AvgIpc) is 2.14. The Bertz CT molecular complexity index is 422. The molecule has 1 rings (SSSR count). The van der Waals surface area contributed by atoms with Crippen LogP contribution in [0.5, 0.6) is 5.75 Å². The van der Waals surface area contributed by atoms with Crippen LogP contribution in [0, 0.1) is 0 Å². The van der Waals surface area contributed by atoms with Gasteiger partial charge in [-0.25, -0.2) is 8.42 Å². The molecule has 15 heavy (non-hydrogen) atoms. The van der Waals surface area contributed by atoms with Crippen LogP contribution in [0.1, 0.15) is 5.56 Å². The third-order valence-electron chi connectivity index (χ3n) is 1.54. The van der Waals surface area contributed by atoms with E-state index in [1.165, 1.54) is 13.2 Å². The smallest absolute Gasteiger partial charge is 0.744 e. The first kappa shape index (κ1) is 15.3. The quantitative estimate of drug-likeness (QED) is 0.471. The maximum Gasteiger partial charge on any atom is 1.00 e. The van der Waals surface area contributed by atoms with Gasteiger partial charge in [0, 0.05) is 5.41 Å². The summed E-state index contributed by atoms with van der Waals surface area (Å²) in [6, 6.07) is 6.66. The Balaban J connectivity index is 0.00000196. The fourth-order valence-corrected chi connectivity index (χ4v) is 1.20. The number of benzene rings is 1. The molecule has 0 N–H and O–H groups in total. The first-order valence-electron chi connectivity index (χ1n) is 3.79. The van der Waals surface area contributed by atoms with Crippen LogP contribution in [-0.4, -0.2) is 20.1 Å². The van der Waals surface area contributed by atoms with E-state index in [-0.39, 0.29) is 51.4 Å². The molecular weight excluding hydrogens is 243 g/mol. The Hall–Kier alpha value is 0.306. The topological polar surface area (TPSA) is 66.4 Å². The van der Waals surface area contributed by atoms with Gasteiger partial charge in [-0.05, 0) is 23.8 Å². The largest absolute Gasteiger partial charge is 1.00 e. The molecule has 0 aliphatic rings. The average molecular weight is 252 g/mol. The van der Waals surface area contributed by atoms with Crippen molar-refractivity contribution in [3.05, 3.63) is 35.2 Å². The number of methoxy groups -OCH3 is 1. The van der Waals surface area contributed by atoms with Crippen molar-refractivity contribution in [2.75, 3.05) is 7.11 Å². The molecule has 76 valence electrons. The number of hydrogen-bond acceptors (Lipinski definition) is 4. The Labute approximate surface area is 132 Å². The van der Waals surface area contributed by atoms with Gasteiger partial charge in [0.1, 0.15) is 15.9 Å². The molecule has 4 nitrogen and oxygen atoms in total. The van der Waals surface area contributed by atoms with Crippen LogP contribution in [0.2, 0.25) is 0 Å². The molecule has 0 amide bonds. The van der Waals surface area contributed by atoms with Crippen molar-refractivity contribution in [2.45, 2.75) is 0 Å². The fourth-order valence-electron chi connectivity index (χ4n) is 0.877. The summed E-state index contributed by atoms with van der Waals surface area (Å²) in [5.41, 5.74) is 0.630. The van der Waals surface area contributed by atoms with Gasteiger partial charge in [-0.1, -0.05) is 12.1 Å². The zero-order valence-corrected chi connectivity index (χ0v) is 12.4. The van der Waals surface area contributed by atoms with E-state index in [9.17, 15) is 13.0 Å². The summed E-state index contributed by atoms with van der Waals surface area (Å²) in [5.74, 6) is 0.673. The van der Waals surface area contributed by atoms with Crippen LogP contribution < -0.4 is 56.1 Å². The van der Waals surface area contributed by atoms with E-state index in [2.05, 4.69) is 0 Å². The number of hydrogen-bond donors (Lipinski definition) is 0. The maximum absolute atomic E-state index is 10.3. The second-order valence-electron chi connectivity index (χ2n) is 2.57. The summed E-state index contributed by atoms with van der Waals surface area (Å²) in [6.45, 7) is 0. The van der Waals surface area contributed by atoms with E-state index >= 15 is 0 Å². The van der Waals surface area contributed by atoms with Crippen molar-refractivity contribution in [1.29, 1.82) is 0 Å². The van der Waals surface area contributed by atoms with Crippen molar-refractivity contribution in [1.82, 2.24) is 0 Å². The van der Waals surface area contributed by atoms with Crippen LogP contribution in [-0.2, 0) is 10.1 Å². The Kier molecular flexibility index (Phi) is 6.93. The monoisotopic (exact) mass is 252 g/mol. The van der Waals surface area contributed by atoms with Crippen LogP contribution in [0.4, 0.5) is 0 Å². The summed E-state index contributed by atoms with van der Waals surface area (Å²) in [5, 5.41) is 0.620. The molecule has 0 radical (unpaired) electrons. The van der Waals surface area contributed by atoms with Gasteiger partial charge < -0.3 is 9.29 Å². The molecule has 0 saturated heterocycles. The van der Waals surface area contributed by atoms with Gasteiger partial charge in [0.05, 0.1) is 7.11 Å². The van der Waals surface area contributed by atoms with E-state index in [4.69, 9.17) is 4.74 Å². The molecule has 0 spiro atoms. The summed E-state index contributed by atoms with van der Waals surface area (Å²) >= 11 is 0. The first-order valence-corrected chi connectivity index (χ1v) is 5.26. The Morgan fingerprint density at radius 3 is 2.20 bits per heavy atom. The molecule has 0 aliphatic carbocycles. The van der Waals surface area contributed by atoms with E-state index in [1.54, 1.807) is 24.3 Å². The van der Waals surface area contributed by atoms with Crippen LogP contribution in [0.3, 0.4) is 0 Å². The van der Waals surface area contributed by atoms with Gasteiger partial charge in [-0.2, -0.15) is 0 Å². The second kappa shape index (κ2) is 6.80. The molecule has 0 fully saturated rings. The molecule has 0 heterocycles. The minimum Gasteiger partial charge on any atom is -0.744 e. The normalized spacial score (nSPS) is 11.1. The maximum atomic E-state index is 10.3. The molecule has 1 aromatic rings. The molecule has 0 bridgehead atoms. The first-order chi connectivity index (χ1) is 6.51. The zero-order chi connectivity index (χ0) is 10.6. The summed E-state index contributed by atoms with van der Waals surface area (Å²) in [7, 11) is -2.77. The fraction of sp³-hybridized carbons (Fsp3) is 0.111. The minimum absolute atomic E-state index is 0. The van der Waals surface area contributed by atoms with E-state index in [0.29, 0.717) is 16.7 Å². The van der Waals surface area contributed by atoms with Crippen LogP contribution in [0.25, 0.3) is 6.08 Å². The van der Waals surface area contributed by atoms with Crippen LogP contribution in [0.15, 0.2) is 29.7 Å². The van der Waals surface area contributed by atoms with Gasteiger partial charge in [-0.3, -0.25) is 0 Å². The third-order valence-corrected chi connectivity index (χ3v) is 2.01. The molecule has 0 atom stereocenters. The molecule has 0 unspecified atom stereocenters. The number of ether oxygens (including phenoxy) is 1. The van der Waals surface area contributed by atoms with Gasteiger partial charge >= 0.3 is 51.4 Å². The van der Waals surface area contributed by atoms with Crippen molar-refractivity contribution in [2.24, 2.45) is 0 Å². The Morgan fingerprint density at radius 2 is 1.80 bits per heavy atom. The third kappa shape index (κ3) is 6.47. The SMILES string of the molecule is COc1ccc(/C=C/S(=O)(=O)[O-])cc1.[K+]. The van der Waals surface area contributed by atoms with Crippen molar-refractivity contribution in [3.8, 4) is 5.75 Å². The predicted octanol–water partition coefficient (Wildman–Crippen LogP) is -1.78. The second-order valence-corrected chi connectivity index (χ2v) is 3.83. The molecule has 6 heteroatoms. The summed E-state index contributed by atoms with van der Waals surface area (Å²) in [6.07, 6.45) is 1.24. The predicted molar refractivity (Wildman–Crippen MR) is 51.7 cm³/mol. The van der Waals surface area contributed by atoms with Crippen molar-refractivity contribution in [3.63, 3.8) is 0 Å². The zero-order valence-electron chi connectivity index (χ0n) is 8.51. The van der Waals surface area contributed by atoms with Crippen molar-refractivity contribution >= 4 is 16.2 Å². The van der Waals surface area contributed by atoms with Gasteiger partial charge in [-0.15, -0.1) is 0 Å². The molecule has 1 aromatic carbocycles. The van der Waals surface area contributed by atoms with E-state index < -0.39 is 10.1 Å². The molecular formula is C9H9KO4S. The van der Waals surface area contributed by atoms with Gasteiger partial charge in [0.15, 0.2) is 0 Å². The van der Waals surface area contributed by atoms with E-state index in [1.807, 2.05) is 0 Å². The summed E-state index contributed by atoms with van der Waals surface area (Å²) in [4.78, 5) is 0. The summed E-state index contributed by atoms with van der Waals surface area (Å²) < 4.78 is 35.7. The number of rotatable bonds is 3.